The second-order valence-electron chi connectivity index (χ2n) is 9.69. The summed E-state index contributed by atoms with van der Waals surface area (Å²) in [5.74, 6) is -0.391. The molecule has 0 radical (unpaired) electrons. The van der Waals surface area contributed by atoms with Crippen LogP contribution in [0.15, 0.2) is 48.6 Å². The molecule has 0 aliphatic carbocycles. The van der Waals surface area contributed by atoms with Gasteiger partial charge in [0.2, 0.25) is 0 Å². The number of esters is 1. The molecule has 214 valence electrons. The minimum absolute atomic E-state index is 0.0748. The SMILES string of the molecule is CC/C=C\C/C=C\C/C=C\C/C=C\CCCOCC(COP(=O)(O)OCC[N+](C)(C)C)OC(=O)CCC. The van der Waals surface area contributed by atoms with E-state index in [-0.39, 0.29) is 26.2 Å². The van der Waals surface area contributed by atoms with Crippen molar-refractivity contribution < 1.29 is 37.3 Å². The number of nitrogens with zero attached hydrogens (tertiary/aromatic N) is 1. The molecule has 0 aromatic heterocycles. The summed E-state index contributed by atoms with van der Waals surface area (Å²) < 4.78 is 33.8. The van der Waals surface area contributed by atoms with E-state index in [1.807, 2.05) is 28.1 Å². The molecule has 9 heteroatoms. The second kappa shape index (κ2) is 22.4. The summed E-state index contributed by atoms with van der Waals surface area (Å²) in [7, 11) is 1.61. The third kappa shape index (κ3) is 25.9. The van der Waals surface area contributed by atoms with Crippen LogP contribution in [0.5, 0.6) is 0 Å². The standard InChI is InChI=1S/C28H50NO7P/c1-6-8-9-10-11-12-13-14-15-16-17-18-19-20-23-33-25-27(36-28(30)21-7-2)26-35-37(31,32)34-24-22-29(3,4)5/h8-9,11-12,14-15,17-18,27H,6-7,10,13,16,19-26H2,1-5H3/p+1/b9-8-,12-11-,15-14-,18-17-. The molecule has 0 aromatic rings. The molecule has 0 fully saturated rings. The summed E-state index contributed by atoms with van der Waals surface area (Å²) in [6.07, 6.45) is 23.0. The number of hydrogen-bond acceptors (Lipinski definition) is 6. The van der Waals surface area contributed by atoms with Gasteiger partial charge in [-0.3, -0.25) is 13.8 Å². The van der Waals surface area contributed by atoms with Gasteiger partial charge in [-0.25, -0.2) is 4.57 Å². The van der Waals surface area contributed by atoms with Crippen molar-refractivity contribution in [1.82, 2.24) is 0 Å². The van der Waals surface area contributed by atoms with Gasteiger partial charge in [0.15, 0.2) is 0 Å². The largest absolute Gasteiger partial charge is 0.472 e. The summed E-state index contributed by atoms with van der Waals surface area (Å²) in [6.45, 7) is 4.93. The summed E-state index contributed by atoms with van der Waals surface area (Å²) in [4.78, 5) is 21.8. The van der Waals surface area contributed by atoms with Crippen LogP contribution in [-0.2, 0) is 27.9 Å². The van der Waals surface area contributed by atoms with Crippen molar-refractivity contribution in [1.29, 1.82) is 0 Å². The molecular formula is C28H51NO7P+. The lowest BCUT2D eigenvalue weighted by Gasteiger charge is -2.24. The minimum atomic E-state index is -4.25. The van der Waals surface area contributed by atoms with E-state index in [2.05, 4.69) is 55.5 Å². The van der Waals surface area contributed by atoms with Crippen LogP contribution < -0.4 is 0 Å². The Morgan fingerprint density at radius 3 is 2.03 bits per heavy atom. The van der Waals surface area contributed by atoms with E-state index in [0.29, 0.717) is 24.1 Å². The van der Waals surface area contributed by atoms with Gasteiger partial charge in [0, 0.05) is 13.0 Å². The van der Waals surface area contributed by atoms with Crippen LogP contribution in [0.3, 0.4) is 0 Å². The number of hydrogen-bond donors (Lipinski definition) is 1. The summed E-state index contributed by atoms with van der Waals surface area (Å²) in [6, 6.07) is 0. The molecule has 0 aliphatic rings. The number of ether oxygens (including phenoxy) is 2. The highest BCUT2D eigenvalue weighted by molar-refractivity contribution is 7.47. The molecule has 0 bridgehead atoms. The Balaban J connectivity index is 4.22. The Morgan fingerprint density at radius 2 is 1.46 bits per heavy atom. The normalized spacial score (nSPS) is 15.3. The number of unbranched alkanes of at least 4 members (excludes halogenated alkanes) is 1. The van der Waals surface area contributed by atoms with Gasteiger partial charge in [0.1, 0.15) is 19.3 Å². The third-order valence-electron chi connectivity index (χ3n) is 4.87. The predicted octanol–water partition coefficient (Wildman–Crippen LogP) is 6.14. The van der Waals surface area contributed by atoms with Crippen molar-refractivity contribution in [2.24, 2.45) is 0 Å². The Hall–Kier alpha value is -1.54. The quantitative estimate of drug-likeness (QED) is 0.0543. The first-order valence-electron chi connectivity index (χ1n) is 13.4. The van der Waals surface area contributed by atoms with Crippen molar-refractivity contribution in [2.75, 3.05) is 54.1 Å². The van der Waals surface area contributed by atoms with Gasteiger partial charge in [-0.05, 0) is 44.9 Å². The van der Waals surface area contributed by atoms with Gasteiger partial charge in [0.25, 0.3) is 0 Å². The molecule has 0 saturated heterocycles. The van der Waals surface area contributed by atoms with Crippen molar-refractivity contribution in [3.8, 4) is 0 Å². The summed E-state index contributed by atoms with van der Waals surface area (Å²) >= 11 is 0. The van der Waals surface area contributed by atoms with Gasteiger partial charge in [0.05, 0.1) is 34.4 Å². The number of quaternary nitrogens is 1. The zero-order valence-electron chi connectivity index (χ0n) is 23.7. The van der Waals surface area contributed by atoms with Crippen LogP contribution in [0.1, 0.15) is 65.2 Å². The first-order valence-corrected chi connectivity index (χ1v) is 14.9. The lowest BCUT2D eigenvalue weighted by molar-refractivity contribution is -0.870. The van der Waals surface area contributed by atoms with Crippen molar-refractivity contribution in [3.63, 3.8) is 0 Å². The first kappa shape index (κ1) is 35.5. The van der Waals surface area contributed by atoms with Crippen LogP contribution in [0.4, 0.5) is 0 Å². The number of rotatable bonds is 23. The third-order valence-corrected chi connectivity index (χ3v) is 5.86. The molecular weight excluding hydrogens is 493 g/mol. The lowest BCUT2D eigenvalue weighted by atomic mass is 10.2. The molecule has 1 N–H and O–H groups in total. The highest BCUT2D eigenvalue weighted by Crippen LogP contribution is 2.43. The molecule has 0 spiro atoms. The maximum atomic E-state index is 12.1. The average molecular weight is 545 g/mol. The smallest absolute Gasteiger partial charge is 0.457 e. The number of allylic oxidation sites excluding steroid dienone is 8. The Morgan fingerprint density at radius 1 is 0.865 bits per heavy atom. The zero-order chi connectivity index (χ0) is 27.8. The van der Waals surface area contributed by atoms with Crippen LogP contribution in [0.25, 0.3) is 0 Å². The Labute approximate surface area is 225 Å². The van der Waals surface area contributed by atoms with E-state index >= 15 is 0 Å². The fraction of sp³-hybridized carbons (Fsp3) is 0.679. The Kier molecular flexibility index (Phi) is 21.5. The first-order chi connectivity index (χ1) is 17.6. The molecule has 0 saturated carbocycles. The van der Waals surface area contributed by atoms with Crippen LogP contribution in [0, 0.1) is 0 Å². The number of likely N-dealkylation sites (N-methyl/N-ethyl adjacent to an activating group) is 1. The van der Waals surface area contributed by atoms with Gasteiger partial charge >= 0.3 is 13.8 Å². The fourth-order valence-electron chi connectivity index (χ4n) is 2.83. The van der Waals surface area contributed by atoms with Crippen molar-refractivity contribution >= 4 is 13.8 Å². The molecule has 0 aromatic carbocycles. The fourth-order valence-corrected chi connectivity index (χ4v) is 3.57. The topological polar surface area (TPSA) is 91.3 Å². The molecule has 0 rings (SSSR count). The summed E-state index contributed by atoms with van der Waals surface area (Å²) in [5.41, 5.74) is 0. The number of phosphoric acid groups is 1. The van der Waals surface area contributed by atoms with Gasteiger partial charge in [-0.2, -0.15) is 0 Å². The van der Waals surface area contributed by atoms with E-state index < -0.39 is 19.9 Å². The van der Waals surface area contributed by atoms with Crippen molar-refractivity contribution in [3.05, 3.63) is 48.6 Å². The molecule has 2 atom stereocenters. The highest BCUT2D eigenvalue weighted by Gasteiger charge is 2.26. The zero-order valence-corrected chi connectivity index (χ0v) is 24.6. The number of phosphoric ester groups is 1. The molecule has 2 unspecified atom stereocenters. The van der Waals surface area contributed by atoms with E-state index in [4.69, 9.17) is 18.5 Å². The second-order valence-corrected chi connectivity index (χ2v) is 11.1. The number of carbonyl (C=O) groups is 1. The van der Waals surface area contributed by atoms with E-state index in [1.165, 1.54) is 0 Å². The van der Waals surface area contributed by atoms with Crippen LogP contribution >= 0.6 is 7.82 Å². The van der Waals surface area contributed by atoms with E-state index in [1.54, 1.807) is 0 Å². The van der Waals surface area contributed by atoms with Gasteiger partial charge in [-0.15, -0.1) is 0 Å². The number of carbonyl (C=O) groups excluding carboxylic acids is 1. The average Bonchev–Trinajstić information content (AvgIpc) is 2.81. The summed E-state index contributed by atoms with van der Waals surface area (Å²) in [5, 5.41) is 0. The monoisotopic (exact) mass is 544 g/mol. The van der Waals surface area contributed by atoms with Crippen LogP contribution in [0.2, 0.25) is 0 Å². The molecule has 37 heavy (non-hydrogen) atoms. The van der Waals surface area contributed by atoms with Crippen LogP contribution in [-0.4, -0.2) is 75.6 Å². The molecule has 0 heterocycles. The molecule has 8 nitrogen and oxygen atoms in total. The highest BCUT2D eigenvalue weighted by atomic mass is 31.2. The maximum absolute atomic E-state index is 12.1. The van der Waals surface area contributed by atoms with Gasteiger partial charge in [-0.1, -0.05) is 62.5 Å². The minimum Gasteiger partial charge on any atom is -0.457 e. The molecule has 0 aliphatic heterocycles. The van der Waals surface area contributed by atoms with E-state index in [9.17, 15) is 14.3 Å². The molecule has 0 amide bonds. The predicted molar refractivity (Wildman–Crippen MR) is 150 cm³/mol. The Bertz CT molecular complexity index is 741. The van der Waals surface area contributed by atoms with Gasteiger partial charge < -0.3 is 18.9 Å². The lowest BCUT2D eigenvalue weighted by Crippen LogP contribution is -2.37. The van der Waals surface area contributed by atoms with Crippen molar-refractivity contribution in [2.45, 2.75) is 71.3 Å². The van der Waals surface area contributed by atoms with E-state index in [0.717, 1.165) is 38.5 Å². The maximum Gasteiger partial charge on any atom is 0.472 e.